The summed E-state index contributed by atoms with van der Waals surface area (Å²) in [6.07, 6.45) is 0. The predicted octanol–water partition coefficient (Wildman–Crippen LogP) is 16.7. The molecular weight excluding hydrogens is 727 g/mol. The minimum Gasteiger partial charge on any atom is -0.456 e. The van der Waals surface area contributed by atoms with Crippen LogP contribution < -0.4 is 4.90 Å². The van der Waals surface area contributed by atoms with Crippen molar-refractivity contribution in [3.8, 4) is 33.4 Å². The highest BCUT2D eigenvalue weighted by atomic mass is 16.3. The van der Waals surface area contributed by atoms with E-state index in [4.69, 9.17) is 4.42 Å². The molecule has 0 saturated heterocycles. The number of anilines is 3. The van der Waals surface area contributed by atoms with Crippen LogP contribution in [0.5, 0.6) is 0 Å². The van der Waals surface area contributed by atoms with Crippen LogP contribution in [0, 0.1) is 0 Å². The molecule has 0 radical (unpaired) electrons. The van der Waals surface area contributed by atoms with E-state index in [1.54, 1.807) is 0 Å². The molecule has 0 N–H and O–H groups in total. The zero-order chi connectivity index (χ0) is 39.6. The molecule has 2 nitrogen and oxygen atoms in total. The van der Waals surface area contributed by atoms with Gasteiger partial charge in [0, 0.05) is 16.6 Å². The second kappa shape index (κ2) is 13.9. The number of furan rings is 1. The van der Waals surface area contributed by atoms with Crippen molar-refractivity contribution in [3.05, 3.63) is 224 Å². The second-order valence-electron chi connectivity index (χ2n) is 15.6. The molecule has 0 aliphatic rings. The van der Waals surface area contributed by atoms with Gasteiger partial charge in [-0.15, -0.1) is 0 Å². The molecule has 2 heteroatoms. The average Bonchev–Trinajstić information content (AvgIpc) is 3.71. The molecule has 0 spiro atoms. The molecule has 0 fully saturated rings. The van der Waals surface area contributed by atoms with E-state index in [1.165, 1.54) is 65.3 Å². The number of nitrogens with zero attached hydrogens (tertiary/aromatic N) is 1. The first-order valence-corrected chi connectivity index (χ1v) is 20.6. The van der Waals surface area contributed by atoms with Crippen LogP contribution >= 0.6 is 0 Å². The normalized spacial score (nSPS) is 11.7. The van der Waals surface area contributed by atoms with E-state index >= 15 is 0 Å². The van der Waals surface area contributed by atoms with E-state index in [1.807, 2.05) is 6.07 Å². The lowest BCUT2D eigenvalue weighted by Crippen LogP contribution is -2.11. The molecule has 0 bridgehead atoms. The molecule has 0 atom stereocenters. The highest BCUT2D eigenvalue weighted by Gasteiger charge is 2.22. The van der Waals surface area contributed by atoms with Crippen molar-refractivity contribution in [2.75, 3.05) is 4.90 Å². The smallest absolute Gasteiger partial charge is 0.137 e. The van der Waals surface area contributed by atoms with Crippen molar-refractivity contribution in [2.24, 2.45) is 0 Å². The quantitative estimate of drug-likeness (QED) is 0.157. The molecule has 11 aromatic carbocycles. The number of hydrogen-bond acceptors (Lipinski definition) is 2. The van der Waals surface area contributed by atoms with Crippen molar-refractivity contribution in [1.82, 2.24) is 0 Å². The van der Waals surface area contributed by atoms with Crippen LogP contribution in [0.2, 0.25) is 0 Å². The predicted molar refractivity (Wildman–Crippen MR) is 255 cm³/mol. The highest BCUT2D eigenvalue weighted by Crippen LogP contribution is 2.46. The Hall–Kier alpha value is -7.94. The molecule has 1 heterocycles. The van der Waals surface area contributed by atoms with Crippen LogP contribution in [0.3, 0.4) is 0 Å². The van der Waals surface area contributed by atoms with Crippen LogP contribution in [-0.4, -0.2) is 0 Å². The van der Waals surface area contributed by atoms with E-state index in [-0.39, 0.29) is 0 Å². The zero-order valence-electron chi connectivity index (χ0n) is 32.7. The maximum Gasteiger partial charge on any atom is 0.137 e. The fourth-order valence-electron chi connectivity index (χ4n) is 9.38. The van der Waals surface area contributed by atoms with Gasteiger partial charge in [-0.05, 0) is 113 Å². The lowest BCUT2D eigenvalue weighted by Gasteiger charge is -2.28. The minimum atomic E-state index is 0.866. The first-order chi connectivity index (χ1) is 29.7. The standard InChI is InChI=1S/C58H37NO/c1-3-13-46-40(11-1)27-28-43-37-44(32-35-49(43)46)50-15-5-7-19-54(50)59(55-20-10-22-57-58(55)53-16-6-8-21-56(53)60-57)45-33-29-39(30-34-45)38-23-25-42(26-24-38)48-17-9-18-51-47-14-4-2-12-41(47)31-36-52(48)51/h1-37H. The summed E-state index contributed by atoms with van der Waals surface area (Å²) in [5.41, 5.74) is 12.1. The zero-order valence-corrected chi connectivity index (χ0v) is 32.7. The van der Waals surface area contributed by atoms with E-state index in [9.17, 15) is 0 Å². The second-order valence-corrected chi connectivity index (χ2v) is 15.6. The van der Waals surface area contributed by atoms with Gasteiger partial charge in [-0.25, -0.2) is 0 Å². The molecule has 0 unspecified atom stereocenters. The lowest BCUT2D eigenvalue weighted by molar-refractivity contribution is 0.669. The first kappa shape index (κ1) is 34.1. The fourth-order valence-corrected chi connectivity index (χ4v) is 9.38. The first-order valence-electron chi connectivity index (χ1n) is 20.6. The van der Waals surface area contributed by atoms with Crippen LogP contribution in [0.1, 0.15) is 0 Å². The van der Waals surface area contributed by atoms with Crippen LogP contribution in [-0.2, 0) is 0 Å². The summed E-state index contributed by atoms with van der Waals surface area (Å²) in [6.45, 7) is 0. The van der Waals surface area contributed by atoms with Gasteiger partial charge in [0.2, 0.25) is 0 Å². The van der Waals surface area contributed by atoms with Gasteiger partial charge in [0.1, 0.15) is 11.2 Å². The molecule has 60 heavy (non-hydrogen) atoms. The van der Waals surface area contributed by atoms with Gasteiger partial charge in [0.25, 0.3) is 0 Å². The SMILES string of the molecule is c1ccc(N(c2ccc(-c3ccc(-c4cccc5c4ccc4ccccc45)cc3)cc2)c2cccc3oc4ccccc4c23)c(-c2ccc3c(ccc4ccccc43)c2)c1. The van der Waals surface area contributed by atoms with Crippen molar-refractivity contribution >= 4 is 82.1 Å². The molecule has 1 aromatic heterocycles. The fraction of sp³-hybridized carbons (Fsp3) is 0. The topological polar surface area (TPSA) is 16.4 Å². The molecule has 0 aliphatic carbocycles. The van der Waals surface area contributed by atoms with Gasteiger partial charge in [-0.3, -0.25) is 0 Å². The molecule has 0 saturated carbocycles. The summed E-state index contributed by atoms with van der Waals surface area (Å²) in [6, 6.07) is 81.3. The Morgan fingerprint density at radius 1 is 0.283 bits per heavy atom. The lowest BCUT2D eigenvalue weighted by atomic mass is 9.93. The average molecular weight is 764 g/mol. The number of para-hydroxylation sites is 2. The van der Waals surface area contributed by atoms with Crippen molar-refractivity contribution in [2.45, 2.75) is 0 Å². The van der Waals surface area contributed by atoms with E-state index in [2.05, 4.69) is 223 Å². The van der Waals surface area contributed by atoms with Gasteiger partial charge in [-0.1, -0.05) is 182 Å². The van der Waals surface area contributed by atoms with Crippen molar-refractivity contribution in [1.29, 1.82) is 0 Å². The van der Waals surface area contributed by atoms with Crippen LogP contribution in [0.4, 0.5) is 17.1 Å². The minimum absolute atomic E-state index is 0.866. The van der Waals surface area contributed by atoms with Crippen LogP contribution in [0.15, 0.2) is 229 Å². The monoisotopic (exact) mass is 763 g/mol. The molecular formula is C58H37NO. The largest absolute Gasteiger partial charge is 0.456 e. The summed E-state index contributed by atoms with van der Waals surface area (Å²) in [7, 11) is 0. The third-order valence-corrected chi connectivity index (χ3v) is 12.3. The third-order valence-electron chi connectivity index (χ3n) is 12.3. The maximum atomic E-state index is 6.45. The molecule has 0 aliphatic heterocycles. The van der Waals surface area contributed by atoms with Gasteiger partial charge in [0.05, 0.1) is 16.8 Å². The Bertz CT molecular complexity index is 3600. The summed E-state index contributed by atoms with van der Waals surface area (Å²) >= 11 is 0. The third kappa shape index (κ3) is 5.57. The number of hydrogen-bond donors (Lipinski definition) is 0. The van der Waals surface area contributed by atoms with E-state index in [0.717, 1.165) is 50.1 Å². The summed E-state index contributed by atoms with van der Waals surface area (Å²) in [5.74, 6) is 0. The van der Waals surface area contributed by atoms with Gasteiger partial charge in [0.15, 0.2) is 0 Å². The van der Waals surface area contributed by atoms with Gasteiger partial charge >= 0.3 is 0 Å². The van der Waals surface area contributed by atoms with Crippen molar-refractivity contribution < 1.29 is 4.42 Å². The Kier molecular flexibility index (Phi) is 7.89. The van der Waals surface area contributed by atoms with Crippen LogP contribution in [0.25, 0.3) is 98.4 Å². The van der Waals surface area contributed by atoms with Gasteiger partial charge in [-0.2, -0.15) is 0 Å². The number of benzene rings is 11. The Morgan fingerprint density at radius 3 is 1.62 bits per heavy atom. The molecule has 12 rings (SSSR count). The Morgan fingerprint density at radius 2 is 0.800 bits per heavy atom. The Balaban J connectivity index is 0.971. The summed E-state index contributed by atoms with van der Waals surface area (Å²) in [5, 5.41) is 12.3. The molecule has 0 amide bonds. The number of rotatable bonds is 6. The number of fused-ring (bicyclic) bond motifs is 9. The van der Waals surface area contributed by atoms with E-state index in [0.29, 0.717) is 0 Å². The molecule has 280 valence electrons. The highest BCUT2D eigenvalue weighted by molar-refractivity contribution is 6.15. The summed E-state index contributed by atoms with van der Waals surface area (Å²) in [4.78, 5) is 2.40. The summed E-state index contributed by atoms with van der Waals surface area (Å²) < 4.78 is 6.45. The van der Waals surface area contributed by atoms with E-state index < -0.39 is 0 Å². The van der Waals surface area contributed by atoms with Crippen molar-refractivity contribution in [3.63, 3.8) is 0 Å². The maximum absolute atomic E-state index is 6.45. The van der Waals surface area contributed by atoms with Gasteiger partial charge < -0.3 is 9.32 Å². The molecule has 12 aromatic rings. The Labute approximate surface area is 347 Å².